The van der Waals surface area contributed by atoms with E-state index in [1.807, 2.05) is 6.07 Å². The molecule has 3 nitrogen and oxygen atoms in total. The van der Waals surface area contributed by atoms with E-state index in [2.05, 4.69) is 26.1 Å². The van der Waals surface area contributed by atoms with Gasteiger partial charge in [0.2, 0.25) is 0 Å². The van der Waals surface area contributed by atoms with Gasteiger partial charge in [0.1, 0.15) is 17.4 Å². The first-order valence-electron chi connectivity index (χ1n) is 3.45. The monoisotopic (exact) mass is 239 g/mol. The lowest BCUT2D eigenvalue weighted by Gasteiger charge is -1.92. The average Bonchev–Trinajstić information content (AvgIpc) is 2.47. The molecule has 0 saturated carbocycles. The average molecular weight is 240 g/mol. The van der Waals surface area contributed by atoms with E-state index in [-0.39, 0.29) is 11.2 Å². The molecular weight excluding hydrogens is 237 g/mol. The summed E-state index contributed by atoms with van der Waals surface area (Å²) < 4.78 is 13.8. The predicted molar refractivity (Wildman–Crippen MR) is 48.5 cm³/mol. The molecular formula is C8H3BrFN3. The maximum Gasteiger partial charge on any atom is 0.170 e. The number of rotatable bonds is 0. The SMILES string of the molecule is N#Cc1n[nH]c2c(F)cc(Br)cc12. The van der Waals surface area contributed by atoms with Gasteiger partial charge in [-0.25, -0.2) is 4.39 Å². The van der Waals surface area contributed by atoms with E-state index in [4.69, 9.17) is 5.26 Å². The smallest absolute Gasteiger partial charge is 0.170 e. The van der Waals surface area contributed by atoms with Gasteiger partial charge in [-0.05, 0) is 12.1 Å². The summed E-state index contributed by atoms with van der Waals surface area (Å²) in [5.74, 6) is -0.418. The molecule has 1 aromatic carbocycles. The number of benzene rings is 1. The third kappa shape index (κ3) is 1.19. The predicted octanol–water partition coefficient (Wildman–Crippen LogP) is 2.34. The first-order chi connectivity index (χ1) is 6.22. The maximum absolute atomic E-state index is 13.2. The van der Waals surface area contributed by atoms with Crippen molar-refractivity contribution < 1.29 is 4.39 Å². The number of hydrogen-bond acceptors (Lipinski definition) is 2. The Balaban J connectivity index is 2.92. The van der Waals surface area contributed by atoms with Crippen molar-refractivity contribution in [3.05, 3.63) is 28.1 Å². The molecule has 0 aliphatic carbocycles. The van der Waals surface area contributed by atoms with Crippen molar-refractivity contribution in [3.8, 4) is 6.07 Å². The Morgan fingerprint density at radius 3 is 3.00 bits per heavy atom. The highest BCUT2D eigenvalue weighted by Crippen LogP contribution is 2.23. The number of hydrogen-bond donors (Lipinski definition) is 1. The number of nitrogens with zero attached hydrogens (tertiary/aromatic N) is 2. The number of nitriles is 1. The van der Waals surface area contributed by atoms with E-state index in [9.17, 15) is 4.39 Å². The molecule has 0 fully saturated rings. The summed E-state index contributed by atoms with van der Waals surface area (Å²) in [6.45, 7) is 0. The normalized spacial score (nSPS) is 10.2. The van der Waals surface area contributed by atoms with Crippen LogP contribution < -0.4 is 0 Å². The van der Waals surface area contributed by atoms with E-state index in [0.29, 0.717) is 9.86 Å². The molecule has 2 aromatic rings. The van der Waals surface area contributed by atoms with Gasteiger partial charge in [0.25, 0.3) is 0 Å². The molecule has 0 bridgehead atoms. The minimum Gasteiger partial charge on any atom is -0.273 e. The van der Waals surface area contributed by atoms with Crippen molar-refractivity contribution in [2.45, 2.75) is 0 Å². The van der Waals surface area contributed by atoms with E-state index < -0.39 is 5.82 Å². The molecule has 13 heavy (non-hydrogen) atoms. The Morgan fingerprint density at radius 1 is 1.54 bits per heavy atom. The quantitative estimate of drug-likeness (QED) is 0.768. The van der Waals surface area contributed by atoms with Crippen molar-refractivity contribution in [3.63, 3.8) is 0 Å². The van der Waals surface area contributed by atoms with Crippen LogP contribution in [0.3, 0.4) is 0 Å². The molecule has 1 heterocycles. The topological polar surface area (TPSA) is 52.5 Å². The van der Waals surface area contributed by atoms with Gasteiger partial charge in [-0.3, -0.25) is 5.10 Å². The molecule has 0 amide bonds. The number of H-pyrrole nitrogens is 1. The summed E-state index contributed by atoms with van der Waals surface area (Å²) in [4.78, 5) is 0. The minimum absolute atomic E-state index is 0.204. The molecule has 0 atom stereocenters. The second kappa shape index (κ2) is 2.82. The zero-order valence-electron chi connectivity index (χ0n) is 6.31. The Hall–Kier alpha value is -1.41. The van der Waals surface area contributed by atoms with Gasteiger partial charge in [0.05, 0.1) is 0 Å². The summed E-state index contributed by atoms with van der Waals surface area (Å²) >= 11 is 3.14. The van der Waals surface area contributed by atoms with Crippen LogP contribution in [0.2, 0.25) is 0 Å². The Bertz CT molecular complexity index is 512. The summed E-state index contributed by atoms with van der Waals surface area (Å²) in [5, 5.41) is 15.3. The summed E-state index contributed by atoms with van der Waals surface area (Å²) in [6, 6.07) is 4.85. The maximum atomic E-state index is 13.2. The molecule has 2 rings (SSSR count). The van der Waals surface area contributed by atoms with Crippen molar-refractivity contribution in [1.29, 1.82) is 5.26 Å². The van der Waals surface area contributed by atoms with Gasteiger partial charge in [0, 0.05) is 9.86 Å². The fourth-order valence-corrected chi connectivity index (χ4v) is 1.56. The van der Waals surface area contributed by atoms with Crippen LogP contribution in [0.1, 0.15) is 5.69 Å². The first kappa shape index (κ1) is 8.20. The Kier molecular flexibility index (Phi) is 1.78. The number of nitrogens with one attached hydrogen (secondary N) is 1. The third-order valence-corrected chi connectivity index (χ3v) is 2.15. The summed E-state index contributed by atoms with van der Waals surface area (Å²) in [5.41, 5.74) is 0.468. The fraction of sp³-hybridized carbons (Fsp3) is 0. The van der Waals surface area contributed by atoms with Gasteiger partial charge < -0.3 is 0 Å². The number of halogens is 2. The number of aromatic nitrogens is 2. The third-order valence-electron chi connectivity index (χ3n) is 1.70. The zero-order chi connectivity index (χ0) is 9.42. The minimum atomic E-state index is -0.418. The molecule has 0 spiro atoms. The largest absolute Gasteiger partial charge is 0.273 e. The highest BCUT2D eigenvalue weighted by Gasteiger charge is 2.09. The van der Waals surface area contributed by atoms with Crippen LogP contribution in [0.4, 0.5) is 4.39 Å². The molecule has 0 saturated heterocycles. The van der Waals surface area contributed by atoms with Crippen LogP contribution >= 0.6 is 15.9 Å². The van der Waals surface area contributed by atoms with Crippen LogP contribution in [0, 0.1) is 17.1 Å². The number of aromatic amines is 1. The lowest BCUT2D eigenvalue weighted by molar-refractivity contribution is 0.635. The summed E-state index contributed by atoms with van der Waals surface area (Å²) in [6.07, 6.45) is 0. The van der Waals surface area contributed by atoms with Gasteiger partial charge in [-0.15, -0.1) is 0 Å². The number of fused-ring (bicyclic) bond motifs is 1. The van der Waals surface area contributed by atoms with Gasteiger partial charge in [-0.1, -0.05) is 15.9 Å². The van der Waals surface area contributed by atoms with Crippen molar-refractivity contribution in [2.75, 3.05) is 0 Å². The van der Waals surface area contributed by atoms with Gasteiger partial charge >= 0.3 is 0 Å². The Labute approximate surface area is 81.3 Å². The molecule has 0 unspecified atom stereocenters. The summed E-state index contributed by atoms with van der Waals surface area (Å²) in [7, 11) is 0. The molecule has 0 aliphatic rings. The lowest BCUT2D eigenvalue weighted by Crippen LogP contribution is -1.78. The Morgan fingerprint density at radius 2 is 2.31 bits per heavy atom. The van der Waals surface area contributed by atoms with Crippen LogP contribution in [0.25, 0.3) is 10.9 Å². The highest BCUT2D eigenvalue weighted by molar-refractivity contribution is 9.10. The van der Waals surface area contributed by atoms with Crippen LogP contribution in [-0.4, -0.2) is 10.2 Å². The second-order valence-electron chi connectivity index (χ2n) is 2.49. The van der Waals surface area contributed by atoms with Gasteiger partial charge in [0.15, 0.2) is 5.69 Å². The van der Waals surface area contributed by atoms with E-state index in [0.717, 1.165) is 0 Å². The molecule has 1 aromatic heterocycles. The second-order valence-corrected chi connectivity index (χ2v) is 3.41. The van der Waals surface area contributed by atoms with E-state index in [1.54, 1.807) is 6.07 Å². The molecule has 64 valence electrons. The lowest BCUT2D eigenvalue weighted by atomic mass is 10.2. The van der Waals surface area contributed by atoms with Crippen LogP contribution in [0.5, 0.6) is 0 Å². The highest BCUT2D eigenvalue weighted by atomic mass is 79.9. The van der Waals surface area contributed by atoms with Crippen molar-refractivity contribution in [1.82, 2.24) is 10.2 Å². The van der Waals surface area contributed by atoms with Gasteiger partial charge in [-0.2, -0.15) is 10.4 Å². The van der Waals surface area contributed by atoms with Crippen LogP contribution in [-0.2, 0) is 0 Å². The van der Waals surface area contributed by atoms with E-state index in [1.165, 1.54) is 6.07 Å². The van der Waals surface area contributed by atoms with E-state index >= 15 is 0 Å². The standard InChI is InChI=1S/C8H3BrFN3/c9-4-1-5-7(3-11)12-13-8(5)6(10)2-4/h1-2H,(H,12,13). The first-order valence-corrected chi connectivity index (χ1v) is 4.25. The molecule has 1 N–H and O–H groups in total. The molecule has 0 radical (unpaired) electrons. The fourth-order valence-electron chi connectivity index (χ4n) is 1.13. The van der Waals surface area contributed by atoms with Crippen LogP contribution in [0.15, 0.2) is 16.6 Å². The zero-order valence-corrected chi connectivity index (χ0v) is 7.89. The molecule has 0 aliphatic heterocycles. The van der Waals surface area contributed by atoms with Crippen molar-refractivity contribution in [2.24, 2.45) is 0 Å². The molecule has 5 heteroatoms. The van der Waals surface area contributed by atoms with Crippen molar-refractivity contribution >= 4 is 26.8 Å².